The fourth-order valence-corrected chi connectivity index (χ4v) is 4.33. The van der Waals surface area contributed by atoms with E-state index in [0.29, 0.717) is 31.3 Å². The van der Waals surface area contributed by atoms with Gasteiger partial charge in [0, 0.05) is 5.57 Å². The Bertz CT molecular complexity index is 748. The summed E-state index contributed by atoms with van der Waals surface area (Å²) >= 11 is 5.87. The topological polar surface area (TPSA) is 72.5 Å². The summed E-state index contributed by atoms with van der Waals surface area (Å²) in [5.41, 5.74) is 0.648. The summed E-state index contributed by atoms with van der Waals surface area (Å²) in [5, 5.41) is -0.667. The minimum Gasteiger partial charge on any atom is -0.463 e. The molecule has 0 aromatic heterocycles. The van der Waals surface area contributed by atoms with Gasteiger partial charge in [-0.15, -0.1) is 0 Å². The van der Waals surface area contributed by atoms with Gasteiger partial charge in [0.2, 0.25) is 10.0 Å². The molecule has 0 aliphatic heterocycles. The highest BCUT2D eigenvalue weighted by molar-refractivity contribution is 7.93. The van der Waals surface area contributed by atoms with Gasteiger partial charge >= 0.3 is 5.97 Å². The molecule has 0 saturated carbocycles. The molecule has 0 radical (unpaired) electrons. The van der Waals surface area contributed by atoms with E-state index in [9.17, 15) is 17.6 Å². The van der Waals surface area contributed by atoms with E-state index in [1.54, 1.807) is 13.0 Å². The normalized spacial score (nSPS) is 18.5. The van der Waals surface area contributed by atoms with E-state index in [-0.39, 0.29) is 17.3 Å². The van der Waals surface area contributed by atoms with Gasteiger partial charge < -0.3 is 4.74 Å². The van der Waals surface area contributed by atoms with Gasteiger partial charge in [-0.3, -0.25) is 4.72 Å². The van der Waals surface area contributed by atoms with Gasteiger partial charge in [0.05, 0.1) is 22.6 Å². The lowest BCUT2D eigenvalue weighted by atomic mass is 10.1. The first kappa shape index (κ1) is 18.7. The van der Waals surface area contributed by atoms with Crippen LogP contribution in [0.4, 0.5) is 10.1 Å². The Balaban J connectivity index is 2.07. The van der Waals surface area contributed by atoms with Crippen LogP contribution in [0.5, 0.6) is 0 Å². The molecule has 1 unspecified atom stereocenters. The molecule has 1 aromatic rings. The largest absolute Gasteiger partial charge is 0.463 e. The van der Waals surface area contributed by atoms with Crippen LogP contribution >= 0.6 is 11.6 Å². The second-order valence-corrected chi connectivity index (χ2v) is 7.83. The van der Waals surface area contributed by atoms with Crippen LogP contribution in [0.15, 0.2) is 29.8 Å². The summed E-state index contributed by atoms with van der Waals surface area (Å²) < 4.78 is 45.5. The van der Waals surface area contributed by atoms with Gasteiger partial charge in [-0.25, -0.2) is 17.6 Å². The molecule has 0 amide bonds. The van der Waals surface area contributed by atoms with Crippen molar-refractivity contribution in [1.82, 2.24) is 0 Å². The quantitative estimate of drug-likeness (QED) is 0.797. The van der Waals surface area contributed by atoms with Crippen molar-refractivity contribution in [2.75, 3.05) is 11.3 Å². The molecule has 0 spiro atoms. The molecule has 0 saturated heterocycles. The molecule has 2 rings (SSSR count). The van der Waals surface area contributed by atoms with E-state index >= 15 is 0 Å². The Morgan fingerprint density at radius 2 is 2.17 bits per heavy atom. The first-order chi connectivity index (χ1) is 11.3. The Morgan fingerprint density at radius 3 is 2.83 bits per heavy atom. The van der Waals surface area contributed by atoms with E-state index in [1.165, 1.54) is 6.07 Å². The van der Waals surface area contributed by atoms with Crippen molar-refractivity contribution in [3.63, 3.8) is 0 Å². The second-order valence-electron chi connectivity index (χ2n) is 5.46. The van der Waals surface area contributed by atoms with Crippen molar-refractivity contribution < 1.29 is 22.3 Å². The number of nitrogens with one attached hydrogen (secondary N) is 1. The fraction of sp³-hybridized carbons (Fsp3) is 0.438. The van der Waals surface area contributed by atoms with Crippen LogP contribution in [-0.2, 0) is 19.6 Å². The predicted octanol–water partition coefficient (Wildman–Crippen LogP) is 3.65. The molecule has 1 atom stereocenters. The number of hydrogen-bond acceptors (Lipinski definition) is 4. The lowest BCUT2D eigenvalue weighted by Gasteiger charge is -2.17. The monoisotopic (exact) mass is 375 g/mol. The van der Waals surface area contributed by atoms with E-state index in [0.717, 1.165) is 12.1 Å². The van der Waals surface area contributed by atoms with Crippen molar-refractivity contribution in [3.8, 4) is 0 Å². The van der Waals surface area contributed by atoms with Crippen LogP contribution in [0.3, 0.4) is 0 Å². The summed E-state index contributed by atoms with van der Waals surface area (Å²) in [4.78, 5) is 11.8. The van der Waals surface area contributed by atoms with Crippen LogP contribution in [-0.4, -0.2) is 26.2 Å². The first-order valence-corrected chi connectivity index (χ1v) is 9.58. The van der Waals surface area contributed by atoms with E-state index in [4.69, 9.17) is 16.3 Å². The number of carbonyl (C=O) groups is 1. The van der Waals surface area contributed by atoms with Crippen molar-refractivity contribution in [2.24, 2.45) is 0 Å². The molecular formula is C16H19ClFNO4S. The van der Waals surface area contributed by atoms with Crippen molar-refractivity contribution >= 4 is 33.3 Å². The number of benzene rings is 1. The summed E-state index contributed by atoms with van der Waals surface area (Å²) in [5.74, 6) is -0.939. The summed E-state index contributed by atoms with van der Waals surface area (Å²) in [6.45, 7) is 2.00. The maximum Gasteiger partial charge on any atom is 0.333 e. The van der Waals surface area contributed by atoms with Crippen molar-refractivity contribution in [1.29, 1.82) is 0 Å². The van der Waals surface area contributed by atoms with E-state index in [2.05, 4.69) is 4.72 Å². The van der Waals surface area contributed by atoms with E-state index < -0.39 is 27.1 Å². The number of allylic oxidation sites excluding steroid dienone is 1. The molecule has 0 bridgehead atoms. The molecular weight excluding hydrogens is 357 g/mol. The molecule has 132 valence electrons. The van der Waals surface area contributed by atoms with Gasteiger partial charge in [-0.2, -0.15) is 0 Å². The first-order valence-electron chi connectivity index (χ1n) is 7.66. The summed E-state index contributed by atoms with van der Waals surface area (Å²) in [7, 11) is -3.70. The smallest absolute Gasteiger partial charge is 0.333 e. The highest BCUT2D eigenvalue weighted by Gasteiger charge is 2.28. The van der Waals surface area contributed by atoms with Crippen LogP contribution in [0, 0.1) is 5.82 Å². The Hall–Kier alpha value is -1.60. The standard InChI is InChI=1S/C16H19ClFNO4S/c1-2-23-16(20)11-4-3-5-13(8-6-11)24(21,22)19-15-9-7-12(18)10-14(15)17/h4,7,9-10,13,19H,2-3,5-6,8H2,1H3. The zero-order valence-corrected chi connectivity index (χ0v) is 14.8. The lowest BCUT2D eigenvalue weighted by molar-refractivity contribution is -0.138. The number of sulfonamides is 1. The Kier molecular flexibility index (Phi) is 6.23. The van der Waals surface area contributed by atoms with Gasteiger partial charge in [-0.05, 0) is 50.8 Å². The number of carbonyl (C=O) groups excluding carboxylic acids is 1. The lowest BCUT2D eigenvalue weighted by Crippen LogP contribution is -2.27. The zero-order chi connectivity index (χ0) is 17.7. The molecule has 0 heterocycles. The maximum absolute atomic E-state index is 13.1. The number of rotatable bonds is 5. The molecule has 1 aliphatic carbocycles. The average Bonchev–Trinajstić information content (AvgIpc) is 2.77. The van der Waals surface area contributed by atoms with Gasteiger partial charge in [0.1, 0.15) is 5.82 Å². The predicted molar refractivity (Wildman–Crippen MR) is 90.9 cm³/mol. The van der Waals surface area contributed by atoms with Crippen molar-refractivity contribution in [3.05, 3.63) is 40.7 Å². The summed E-state index contributed by atoms with van der Waals surface area (Å²) in [6.07, 6.45) is 3.23. The number of hydrogen-bond donors (Lipinski definition) is 1. The summed E-state index contributed by atoms with van der Waals surface area (Å²) in [6, 6.07) is 3.47. The minimum absolute atomic E-state index is 0.00228. The van der Waals surface area contributed by atoms with Crippen LogP contribution in [0.25, 0.3) is 0 Å². The highest BCUT2D eigenvalue weighted by atomic mass is 35.5. The number of esters is 1. The highest BCUT2D eigenvalue weighted by Crippen LogP contribution is 2.28. The Morgan fingerprint density at radius 1 is 1.42 bits per heavy atom. The Labute approximate surface area is 145 Å². The van der Waals surface area contributed by atoms with Crippen LogP contribution in [0.2, 0.25) is 5.02 Å². The number of halogens is 2. The molecule has 8 heteroatoms. The fourth-order valence-electron chi connectivity index (χ4n) is 2.53. The molecule has 24 heavy (non-hydrogen) atoms. The SMILES string of the molecule is CCOC(=O)C1=CCCC(S(=O)(=O)Nc2ccc(F)cc2Cl)CC1. The van der Waals surface area contributed by atoms with E-state index in [1.807, 2.05) is 0 Å². The third-order valence-electron chi connectivity index (χ3n) is 3.77. The molecule has 0 fully saturated rings. The third kappa shape index (κ3) is 4.70. The molecule has 1 aromatic carbocycles. The van der Waals surface area contributed by atoms with Gasteiger partial charge in [0.25, 0.3) is 0 Å². The molecule has 1 aliphatic rings. The van der Waals surface area contributed by atoms with Crippen LogP contribution < -0.4 is 4.72 Å². The number of ether oxygens (including phenoxy) is 1. The maximum atomic E-state index is 13.1. The molecule has 1 N–H and O–H groups in total. The van der Waals surface area contributed by atoms with Gasteiger partial charge in [0.15, 0.2) is 0 Å². The second kappa shape index (κ2) is 7.98. The van der Waals surface area contributed by atoms with Crippen LogP contribution in [0.1, 0.15) is 32.6 Å². The zero-order valence-electron chi connectivity index (χ0n) is 13.2. The van der Waals surface area contributed by atoms with Crippen molar-refractivity contribution in [2.45, 2.75) is 37.9 Å². The van der Waals surface area contributed by atoms with Gasteiger partial charge in [-0.1, -0.05) is 17.7 Å². The number of anilines is 1. The third-order valence-corrected chi connectivity index (χ3v) is 5.94. The average molecular weight is 376 g/mol. The minimum atomic E-state index is -3.70. The molecule has 5 nitrogen and oxygen atoms in total.